The summed E-state index contributed by atoms with van der Waals surface area (Å²) in [5.74, 6) is -0.162. The molecule has 16 heavy (non-hydrogen) atoms. The molecular weight excluding hydrogens is 313 g/mol. The number of rotatable bonds is 4. The van der Waals surface area contributed by atoms with Gasteiger partial charge in [-0.2, -0.15) is 0 Å². The van der Waals surface area contributed by atoms with Crippen LogP contribution in [0.5, 0.6) is 0 Å². The van der Waals surface area contributed by atoms with Crippen molar-refractivity contribution in [1.82, 2.24) is 5.32 Å². The number of hydrogen-bond donors (Lipinski definition) is 1. The molecule has 1 N–H and O–H groups in total. The number of halogens is 3. The first-order valence-electron chi connectivity index (χ1n) is 4.99. The normalized spacial score (nSPS) is 10.2. The average molecular weight is 325 g/mol. The minimum atomic E-state index is -0.162. The van der Waals surface area contributed by atoms with Crippen molar-refractivity contribution in [3.8, 4) is 0 Å². The zero-order valence-corrected chi connectivity index (χ0v) is 11.9. The van der Waals surface area contributed by atoms with Gasteiger partial charge in [0.2, 0.25) is 0 Å². The molecule has 0 aromatic heterocycles. The standard InChI is InChI=1S/C11H12BrCl2NO/c1-2-3-4-15-11(16)8-5-7(13)6-9(14)10(8)12/h5-6H,2-4H2,1H3,(H,15,16). The van der Waals surface area contributed by atoms with Crippen LogP contribution in [0.2, 0.25) is 10.0 Å². The predicted octanol–water partition coefficient (Wildman–Crippen LogP) is 4.29. The van der Waals surface area contributed by atoms with Gasteiger partial charge in [-0.1, -0.05) is 36.5 Å². The van der Waals surface area contributed by atoms with E-state index in [2.05, 4.69) is 28.2 Å². The highest BCUT2D eigenvalue weighted by atomic mass is 79.9. The molecular formula is C11H12BrCl2NO. The maximum absolute atomic E-state index is 11.8. The van der Waals surface area contributed by atoms with E-state index in [4.69, 9.17) is 23.2 Å². The van der Waals surface area contributed by atoms with Crippen LogP contribution in [0.25, 0.3) is 0 Å². The lowest BCUT2D eigenvalue weighted by Gasteiger charge is -2.08. The molecule has 0 unspecified atom stereocenters. The van der Waals surface area contributed by atoms with Crippen molar-refractivity contribution < 1.29 is 4.79 Å². The van der Waals surface area contributed by atoms with Crippen LogP contribution >= 0.6 is 39.1 Å². The fourth-order valence-electron chi connectivity index (χ4n) is 1.20. The first-order chi connectivity index (χ1) is 7.56. The fraction of sp³-hybridized carbons (Fsp3) is 0.364. The van der Waals surface area contributed by atoms with Gasteiger partial charge in [-0.15, -0.1) is 0 Å². The molecule has 1 aromatic carbocycles. The molecule has 1 amide bonds. The molecule has 1 rings (SSSR count). The molecule has 0 spiro atoms. The van der Waals surface area contributed by atoms with E-state index in [9.17, 15) is 4.79 Å². The molecule has 0 fully saturated rings. The van der Waals surface area contributed by atoms with Crippen molar-refractivity contribution >= 4 is 45.0 Å². The van der Waals surface area contributed by atoms with Crippen LogP contribution in [0.1, 0.15) is 30.1 Å². The van der Waals surface area contributed by atoms with E-state index in [1.165, 1.54) is 0 Å². The van der Waals surface area contributed by atoms with Crippen molar-refractivity contribution in [1.29, 1.82) is 0 Å². The van der Waals surface area contributed by atoms with Gasteiger partial charge < -0.3 is 5.32 Å². The molecule has 0 aliphatic rings. The van der Waals surface area contributed by atoms with Gasteiger partial charge in [0.25, 0.3) is 5.91 Å². The van der Waals surface area contributed by atoms with Gasteiger partial charge in [0.1, 0.15) is 0 Å². The Morgan fingerprint density at radius 3 is 2.75 bits per heavy atom. The molecule has 88 valence electrons. The number of nitrogens with one attached hydrogen (secondary N) is 1. The summed E-state index contributed by atoms with van der Waals surface area (Å²) in [5.41, 5.74) is 0.466. The summed E-state index contributed by atoms with van der Waals surface area (Å²) in [6.45, 7) is 2.73. The minimum Gasteiger partial charge on any atom is -0.352 e. The van der Waals surface area contributed by atoms with E-state index >= 15 is 0 Å². The first-order valence-corrected chi connectivity index (χ1v) is 6.54. The Kier molecular flexibility index (Phi) is 5.59. The third-order valence-electron chi connectivity index (χ3n) is 2.05. The van der Waals surface area contributed by atoms with Crippen LogP contribution in [-0.4, -0.2) is 12.5 Å². The van der Waals surface area contributed by atoms with Gasteiger partial charge in [-0.3, -0.25) is 4.79 Å². The lowest BCUT2D eigenvalue weighted by Crippen LogP contribution is -2.24. The Hall–Kier alpha value is -0.250. The van der Waals surface area contributed by atoms with Crippen molar-refractivity contribution in [3.05, 3.63) is 32.2 Å². The topological polar surface area (TPSA) is 29.1 Å². The summed E-state index contributed by atoms with van der Waals surface area (Å²) in [5, 5.41) is 3.70. The second-order valence-electron chi connectivity index (χ2n) is 3.36. The second kappa shape index (κ2) is 6.48. The molecule has 2 nitrogen and oxygen atoms in total. The van der Waals surface area contributed by atoms with E-state index in [0.29, 0.717) is 26.6 Å². The summed E-state index contributed by atoms with van der Waals surface area (Å²) in [6, 6.07) is 3.19. The summed E-state index contributed by atoms with van der Waals surface area (Å²) < 4.78 is 0.576. The Balaban J connectivity index is 2.82. The Morgan fingerprint density at radius 1 is 1.44 bits per heavy atom. The van der Waals surface area contributed by atoms with E-state index in [0.717, 1.165) is 12.8 Å². The fourth-order valence-corrected chi connectivity index (χ4v) is 2.10. The molecule has 0 bridgehead atoms. The van der Waals surface area contributed by atoms with Gasteiger partial charge in [-0.25, -0.2) is 0 Å². The van der Waals surface area contributed by atoms with Crippen LogP contribution < -0.4 is 5.32 Å². The lowest BCUT2D eigenvalue weighted by atomic mass is 10.2. The number of unbranched alkanes of at least 4 members (excludes halogenated alkanes) is 1. The van der Waals surface area contributed by atoms with Gasteiger partial charge >= 0.3 is 0 Å². The van der Waals surface area contributed by atoms with Crippen LogP contribution in [0.15, 0.2) is 16.6 Å². The van der Waals surface area contributed by atoms with Gasteiger partial charge in [0, 0.05) is 16.0 Å². The van der Waals surface area contributed by atoms with E-state index < -0.39 is 0 Å². The van der Waals surface area contributed by atoms with Crippen molar-refractivity contribution in [2.45, 2.75) is 19.8 Å². The molecule has 0 radical (unpaired) electrons. The zero-order chi connectivity index (χ0) is 12.1. The van der Waals surface area contributed by atoms with Crippen LogP contribution in [-0.2, 0) is 0 Å². The molecule has 0 aliphatic carbocycles. The van der Waals surface area contributed by atoms with E-state index in [1.54, 1.807) is 12.1 Å². The highest BCUT2D eigenvalue weighted by Gasteiger charge is 2.13. The zero-order valence-electron chi connectivity index (χ0n) is 8.82. The molecule has 0 saturated heterocycles. The molecule has 0 aliphatic heterocycles. The molecule has 1 aromatic rings. The minimum absolute atomic E-state index is 0.162. The van der Waals surface area contributed by atoms with Crippen molar-refractivity contribution in [3.63, 3.8) is 0 Å². The van der Waals surface area contributed by atoms with Crippen LogP contribution in [0.4, 0.5) is 0 Å². The number of amides is 1. The monoisotopic (exact) mass is 323 g/mol. The number of hydrogen-bond acceptors (Lipinski definition) is 1. The van der Waals surface area contributed by atoms with Gasteiger partial charge in [0.05, 0.1) is 10.6 Å². The first kappa shape index (κ1) is 13.8. The third-order valence-corrected chi connectivity index (χ3v) is 3.65. The maximum atomic E-state index is 11.8. The smallest absolute Gasteiger partial charge is 0.252 e. The van der Waals surface area contributed by atoms with Crippen molar-refractivity contribution in [2.75, 3.05) is 6.54 Å². The SMILES string of the molecule is CCCCNC(=O)c1cc(Cl)cc(Cl)c1Br. The maximum Gasteiger partial charge on any atom is 0.252 e. The molecule has 0 saturated carbocycles. The summed E-state index contributed by atoms with van der Waals surface area (Å²) in [4.78, 5) is 11.8. The number of benzene rings is 1. The third kappa shape index (κ3) is 3.65. The Morgan fingerprint density at radius 2 is 2.12 bits per heavy atom. The second-order valence-corrected chi connectivity index (χ2v) is 5.00. The summed E-state index contributed by atoms with van der Waals surface area (Å²) in [7, 11) is 0. The van der Waals surface area contributed by atoms with E-state index in [1.807, 2.05) is 0 Å². The Bertz CT molecular complexity index is 396. The quantitative estimate of drug-likeness (QED) is 0.649. The van der Waals surface area contributed by atoms with Gasteiger partial charge in [-0.05, 0) is 34.5 Å². The molecule has 0 heterocycles. The average Bonchev–Trinajstić information content (AvgIpc) is 2.23. The van der Waals surface area contributed by atoms with E-state index in [-0.39, 0.29) is 5.91 Å². The van der Waals surface area contributed by atoms with Crippen molar-refractivity contribution in [2.24, 2.45) is 0 Å². The highest BCUT2D eigenvalue weighted by Crippen LogP contribution is 2.30. The summed E-state index contributed by atoms with van der Waals surface area (Å²) >= 11 is 15.0. The largest absolute Gasteiger partial charge is 0.352 e. The Labute approximate surface area is 113 Å². The van der Waals surface area contributed by atoms with Crippen LogP contribution in [0.3, 0.4) is 0 Å². The number of carbonyl (C=O) groups is 1. The highest BCUT2D eigenvalue weighted by molar-refractivity contribution is 9.10. The number of carbonyl (C=O) groups excluding carboxylic acids is 1. The summed E-state index contributed by atoms with van der Waals surface area (Å²) in [6.07, 6.45) is 2.00. The molecule has 0 atom stereocenters. The predicted molar refractivity (Wildman–Crippen MR) is 71.4 cm³/mol. The van der Waals surface area contributed by atoms with Crippen LogP contribution in [0, 0.1) is 0 Å². The lowest BCUT2D eigenvalue weighted by molar-refractivity contribution is 0.0952. The molecule has 5 heteroatoms. The van der Waals surface area contributed by atoms with Gasteiger partial charge in [0.15, 0.2) is 0 Å².